The molecule has 3 heteroatoms. The van der Waals surface area contributed by atoms with E-state index in [1.807, 2.05) is 0 Å². The summed E-state index contributed by atoms with van der Waals surface area (Å²) in [6, 6.07) is 33.1. The van der Waals surface area contributed by atoms with E-state index in [4.69, 9.17) is 4.74 Å². The van der Waals surface area contributed by atoms with E-state index in [1.54, 1.807) is 0 Å². The zero-order valence-corrected chi connectivity index (χ0v) is 26.5. The summed E-state index contributed by atoms with van der Waals surface area (Å²) in [6.07, 6.45) is 4.26. The van der Waals surface area contributed by atoms with Crippen molar-refractivity contribution in [1.82, 2.24) is 4.57 Å². The minimum absolute atomic E-state index is 0.135. The number of benzene rings is 4. The Morgan fingerprint density at radius 1 is 0.907 bits per heavy atom. The number of para-hydroxylation sites is 3. The van der Waals surface area contributed by atoms with Crippen LogP contribution in [0.15, 0.2) is 96.8 Å². The zero-order valence-electron chi connectivity index (χ0n) is 26.5. The van der Waals surface area contributed by atoms with Crippen LogP contribution in [0.5, 0.6) is 5.75 Å². The van der Waals surface area contributed by atoms with Gasteiger partial charge in [-0.25, -0.2) is 0 Å². The molecule has 0 bridgehead atoms. The van der Waals surface area contributed by atoms with Gasteiger partial charge in [0.2, 0.25) is 0 Å². The minimum Gasteiger partial charge on any atom is -0.457 e. The van der Waals surface area contributed by atoms with Gasteiger partial charge in [0, 0.05) is 47.2 Å². The number of rotatable bonds is 5. The van der Waals surface area contributed by atoms with Crippen molar-refractivity contribution in [3.8, 4) is 5.75 Å². The second-order valence-electron chi connectivity index (χ2n) is 13.3. The highest BCUT2D eigenvalue weighted by atomic mass is 16.5. The fraction of sp³-hybridized carbons (Fsp3) is 0.300. The van der Waals surface area contributed by atoms with E-state index in [-0.39, 0.29) is 11.0 Å². The molecule has 0 fully saturated rings. The van der Waals surface area contributed by atoms with Gasteiger partial charge in [-0.15, -0.1) is 0 Å². The maximum Gasteiger partial charge on any atom is 0.150 e. The van der Waals surface area contributed by atoms with Gasteiger partial charge >= 0.3 is 0 Å². The molecule has 43 heavy (non-hydrogen) atoms. The third kappa shape index (κ3) is 4.08. The highest BCUT2D eigenvalue weighted by Crippen LogP contribution is 2.52. The van der Waals surface area contributed by atoms with Gasteiger partial charge in [0.1, 0.15) is 11.3 Å². The first-order valence-corrected chi connectivity index (χ1v) is 15.7. The van der Waals surface area contributed by atoms with Crippen LogP contribution in [0.1, 0.15) is 80.5 Å². The Balaban J connectivity index is 1.47. The molecule has 1 aliphatic heterocycles. The maximum absolute atomic E-state index is 6.73. The largest absolute Gasteiger partial charge is 0.457 e. The number of aromatic nitrogens is 1. The molecule has 2 heterocycles. The quantitative estimate of drug-likeness (QED) is 0.211. The average molecular weight is 567 g/mol. The van der Waals surface area contributed by atoms with Crippen LogP contribution in [0.2, 0.25) is 0 Å². The molecule has 0 N–H and O–H groups in total. The molecule has 0 saturated carbocycles. The zero-order chi connectivity index (χ0) is 30.1. The summed E-state index contributed by atoms with van der Waals surface area (Å²) >= 11 is 0. The highest BCUT2D eigenvalue weighted by molar-refractivity contribution is 5.92. The van der Waals surface area contributed by atoms with Crippen molar-refractivity contribution in [3.05, 3.63) is 130 Å². The average Bonchev–Trinajstić information content (AvgIpc) is 3.27. The van der Waals surface area contributed by atoms with Gasteiger partial charge in [0.15, 0.2) is 5.75 Å². The van der Waals surface area contributed by atoms with Gasteiger partial charge in [-0.05, 0) is 90.4 Å². The Hall–Kier alpha value is -4.24. The molecule has 2 aliphatic rings. The number of hydrogen-bond donors (Lipinski definition) is 0. The first-order chi connectivity index (χ1) is 20.6. The van der Waals surface area contributed by atoms with Gasteiger partial charge in [-0.2, -0.15) is 0 Å². The second-order valence-corrected chi connectivity index (χ2v) is 13.3. The van der Waals surface area contributed by atoms with Crippen molar-refractivity contribution in [2.75, 3.05) is 4.90 Å². The van der Waals surface area contributed by atoms with E-state index >= 15 is 0 Å². The monoisotopic (exact) mass is 566 g/mol. The lowest BCUT2D eigenvalue weighted by atomic mass is 9.72. The summed E-state index contributed by atoms with van der Waals surface area (Å²) in [5.74, 6) is 2.36. The molecule has 1 aromatic heterocycles. The summed E-state index contributed by atoms with van der Waals surface area (Å²) in [7, 11) is 2.22. The lowest BCUT2D eigenvalue weighted by Gasteiger charge is -2.49. The number of ether oxygens (including phenoxy) is 1. The predicted molar refractivity (Wildman–Crippen MR) is 181 cm³/mol. The summed E-state index contributed by atoms with van der Waals surface area (Å²) in [5.41, 5.74) is 11.3. The Bertz CT molecular complexity index is 1890. The smallest absolute Gasteiger partial charge is 0.150 e. The molecule has 0 amide bonds. The van der Waals surface area contributed by atoms with Gasteiger partial charge < -0.3 is 14.2 Å². The normalized spacial score (nSPS) is 18.4. The van der Waals surface area contributed by atoms with Crippen LogP contribution in [-0.4, -0.2) is 10.1 Å². The lowest BCUT2D eigenvalue weighted by molar-refractivity contribution is 0.300. The van der Waals surface area contributed by atoms with Crippen molar-refractivity contribution in [2.45, 2.75) is 71.3 Å². The highest BCUT2D eigenvalue weighted by Gasteiger charge is 2.47. The second kappa shape index (κ2) is 9.91. The van der Waals surface area contributed by atoms with E-state index in [0.717, 1.165) is 30.0 Å². The topological polar surface area (TPSA) is 17.4 Å². The van der Waals surface area contributed by atoms with Crippen molar-refractivity contribution in [2.24, 2.45) is 7.05 Å². The first-order valence-electron chi connectivity index (χ1n) is 15.7. The van der Waals surface area contributed by atoms with E-state index in [0.29, 0.717) is 5.92 Å². The number of anilines is 2. The molecular weight excluding hydrogens is 524 g/mol. The van der Waals surface area contributed by atoms with Crippen LogP contribution in [0.3, 0.4) is 0 Å². The van der Waals surface area contributed by atoms with E-state index in [1.165, 1.54) is 50.1 Å². The van der Waals surface area contributed by atoms with Gasteiger partial charge in [-0.3, -0.25) is 0 Å². The Kier molecular flexibility index (Phi) is 6.36. The van der Waals surface area contributed by atoms with Crippen LogP contribution < -0.4 is 9.64 Å². The molecule has 0 saturated heterocycles. The van der Waals surface area contributed by atoms with Crippen LogP contribution in [0.4, 0.5) is 11.4 Å². The molecule has 2 unspecified atom stereocenters. The number of aryl methyl sites for hydroxylation is 2. The van der Waals surface area contributed by atoms with Gasteiger partial charge in [0.05, 0.1) is 5.69 Å². The third-order valence-electron chi connectivity index (χ3n) is 10.3. The van der Waals surface area contributed by atoms with Crippen molar-refractivity contribution in [3.63, 3.8) is 0 Å². The molecule has 4 aromatic carbocycles. The molecule has 0 spiro atoms. The van der Waals surface area contributed by atoms with E-state index < -0.39 is 0 Å². The van der Waals surface area contributed by atoms with Crippen LogP contribution in [0, 0.1) is 6.92 Å². The minimum atomic E-state index is -0.377. The van der Waals surface area contributed by atoms with E-state index in [2.05, 4.69) is 155 Å². The summed E-state index contributed by atoms with van der Waals surface area (Å²) in [4.78, 5) is 2.49. The fourth-order valence-corrected chi connectivity index (χ4v) is 7.70. The number of nitrogens with zero attached hydrogens (tertiary/aromatic N) is 2. The number of fused-ring (bicyclic) bond motifs is 5. The third-order valence-corrected chi connectivity index (χ3v) is 10.3. The first kappa shape index (κ1) is 27.6. The van der Waals surface area contributed by atoms with Crippen LogP contribution >= 0.6 is 0 Å². The molecule has 1 aliphatic carbocycles. The van der Waals surface area contributed by atoms with Crippen LogP contribution in [0.25, 0.3) is 17.0 Å². The molecule has 2 atom stereocenters. The van der Waals surface area contributed by atoms with Crippen molar-refractivity contribution >= 4 is 28.4 Å². The Labute approximate surface area is 256 Å². The van der Waals surface area contributed by atoms with Crippen molar-refractivity contribution < 1.29 is 4.74 Å². The standard InChI is InChI=1S/C40H42N2O/c1-8-26(2)29-23-35-30(22-33(29)39(4,5)32-19-13-12-16-27(32)3)31-25-40(6)38(24-36(31)41(35)7)43-37-21-15-14-20-34(37)42(40)28-17-10-9-11-18-28/h9-24,26H,8,25H2,1-7H3. The van der Waals surface area contributed by atoms with E-state index in [9.17, 15) is 0 Å². The number of hydrogen-bond acceptors (Lipinski definition) is 2. The lowest BCUT2D eigenvalue weighted by Crippen LogP contribution is -2.52. The van der Waals surface area contributed by atoms with Crippen LogP contribution in [-0.2, 0) is 18.9 Å². The molecule has 7 rings (SSSR count). The summed E-state index contributed by atoms with van der Waals surface area (Å²) < 4.78 is 9.13. The maximum atomic E-state index is 6.73. The van der Waals surface area contributed by atoms with Gasteiger partial charge in [0.25, 0.3) is 0 Å². The molecule has 3 nitrogen and oxygen atoms in total. The Morgan fingerprint density at radius 2 is 1.60 bits per heavy atom. The molecule has 5 aromatic rings. The fourth-order valence-electron chi connectivity index (χ4n) is 7.70. The summed E-state index contributed by atoms with van der Waals surface area (Å²) in [5, 5.41) is 1.35. The molecule has 0 radical (unpaired) electrons. The van der Waals surface area contributed by atoms with Crippen molar-refractivity contribution in [1.29, 1.82) is 0 Å². The molecule has 218 valence electrons. The molecular formula is C40H42N2O. The Morgan fingerprint density at radius 3 is 2.35 bits per heavy atom. The SMILES string of the molecule is CCC(C)c1cc2c(cc1C(C)(C)c1ccccc1C)c1c(n2C)C=C2Oc3ccccc3N(c3ccccc3)C2(C)C1. The van der Waals surface area contributed by atoms with Gasteiger partial charge in [-0.1, -0.05) is 82.3 Å². The summed E-state index contributed by atoms with van der Waals surface area (Å²) in [6.45, 7) is 14.1. The predicted octanol–water partition coefficient (Wildman–Crippen LogP) is 10.2.